The molecule has 1 saturated carbocycles. The molecule has 2 aromatic rings. The van der Waals surface area contributed by atoms with Crippen molar-refractivity contribution in [1.29, 1.82) is 0 Å². The lowest BCUT2D eigenvalue weighted by Crippen LogP contribution is -2.62. The van der Waals surface area contributed by atoms with E-state index in [0.29, 0.717) is 19.4 Å². The third-order valence-corrected chi connectivity index (χ3v) is 7.28. The van der Waals surface area contributed by atoms with Crippen molar-refractivity contribution in [3.63, 3.8) is 0 Å². The van der Waals surface area contributed by atoms with Crippen molar-refractivity contribution >= 4 is 12.1 Å². The third-order valence-electron chi connectivity index (χ3n) is 7.28. The van der Waals surface area contributed by atoms with Crippen LogP contribution in [0.15, 0.2) is 48.5 Å². The van der Waals surface area contributed by atoms with Gasteiger partial charge in [-0.3, -0.25) is 4.90 Å². The van der Waals surface area contributed by atoms with Crippen molar-refractivity contribution in [2.75, 3.05) is 13.2 Å². The van der Waals surface area contributed by atoms with Crippen molar-refractivity contribution in [1.82, 2.24) is 4.90 Å². The number of rotatable bonds is 6. The molecule has 0 aromatic heterocycles. The van der Waals surface area contributed by atoms with Crippen LogP contribution in [0.25, 0.3) is 11.1 Å². The topological polar surface area (TPSA) is 66.8 Å². The smallest absolute Gasteiger partial charge is 0.410 e. The van der Waals surface area contributed by atoms with Crippen LogP contribution in [0.5, 0.6) is 0 Å². The van der Waals surface area contributed by atoms with Crippen molar-refractivity contribution in [3.05, 3.63) is 59.7 Å². The average molecular weight is 422 g/mol. The Labute approximate surface area is 184 Å². The molecule has 4 rings (SSSR count). The number of ether oxygens (including phenoxy) is 1. The van der Waals surface area contributed by atoms with Gasteiger partial charge in [0.25, 0.3) is 0 Å². The van der Waals surface area contributed by atoms with Crippen molar-refractivity contribution in [2.24, 2.45) is 5.41 Å². The molecule has 0 spiro atoms. The Kier molecular flexibility index (Phi) is 5.54. The predicted octanol–water partition coefficient (Wildman–Crippen LogP) is 5.68. The zero-order valence-electron chi connectivity index (χ0n) is 18.6. The Morgan fingerprint density at radius 3 is 2.10 bits per heavy atom. The molecule has 1 unspecified atom stereocenters. The maximum atomic E-state index is 13.3. The van der Waals surface area contributed by atoms with E-state index in [-0.39, 0.29) is 12.5 Å². The summed E-state index contributed by atoms with van der Waals surface area (Å²) in [4.78, 5) is 27.3. The zero-order valence-corrected chi connectivity index (χ0v) is 18.6. The summed E-state index contributed by atoms with van der Waals surface area (Å²) in [6, 6.07) is 16.4. The maximum Gasteiger partial charge on any atom is 0.410 e. The highest BCUT2D eigenvalue weighted by Gasteiger charge is 2.60. The monoisotopic (exact) mass is 421 g/mol. The maximum absolute atomic E-state index is 13.3. The Morgan fingerprint density at radius 2 is 1.61 bits per heavy atom. The van der Waals surface area contributed by atoms with E-state index in [9.17, 15) is 14.7 Å². The van der Waals surface area contributed by atoms with Gasteiger partial charge in [0.2, 0.25) is 0 Å². The first-order valence-electron chi connectivity index (χ1n) is 11.2. The fourth-order valence-corrected chi connectivity index (χ4v) is 5.68. The molecule has 0 bridgehead atoms. The van der Waals surface area contributed by atoms with Gasteiger partial charge < -0.3 is 9.84 Å². The number of benzene rings is 2. The number of hydrogen-bond donors (Lipinski definition) is 1. The molecule has 1 fully saturated rings. The van der Waals surface area contributed by atoms with E-state index in [0.717, 1.165) is 24.0 Å². The molecule has 2 aliphatic rings. The number of carboxylic acids is 1. The van der Waals surface area contributed by atoms with E-state index in [2.05, 4.69) is 24.3 Å². The highest BCUT2D eigenvalue weighted by molar-refractivity contribution is 5.86. The van der Waals surface area contributed by atoms with Crippen molar-refractivity contribution in [3.8, 4) is 11.1 Å². The molecular weight excluding hydrogens is 390 g/mol. The van der Waals surface area contributed by atoms with Crippen LogP contribution in [0, 0.1) is 5.41 Å². The van der Waals surface area contributed by atoms with Crippen LogP contribution >= 0.6 is 0 Å². The minimum atomic E-state index is -1.23. The largest absolute Gasteiger partial charge is 0.479 e. The van der Waals surface area contributed by atoms with Crippen LogP contribution in [0.2, 0.25) is 0 Å². The van der Waals surface area contributed by atoms with Gasteiger partial charge in [-0.15, -0.1) is 0 Å². The molecule has 31 heavy (non-hydrogen) atoms. The predicted molar refractivity (Wildman–Crippen MR) is 120 cm³/mol. The minimum Gasteiger partial charge on any atom is -0.479 e. The van der Waals surface area contributed by atoms with Gasteiger partial charge in [0.05, 0.1) is 0 Å². The second kappa shape index (κ2) is 8.03. The van der Waals surface area contributed by atoms with E-state index in [4.69, 9.17) is 4.74 Å². The van der Waals surface area contributed by atoms with Crippen LogP contribution in [-0.4, -0.2) is 40.8 Å². The number of amides is 1. The van der Waals surface area contributed by atoms with Gasteiger partial charge in [-0.25, -0.2) is 9.59 Å². The number of carboxylic acid groups (broad SMARTS) is 1. The summed E-state index contributed by atoms with van der Waals surface area (Å²) in [5, 5.41) is 10.2. The zero-order chi connectivity index (χ0) is 22.2. The number of carbonyl (C=O) groups is 2. The van der Waals surface area contributed by atoms with Gasteiger partial charge in [0.1, 0.15) is 12.1 Å². The first-order chi connectivity index (χ1) is 14.8. The third kappa shape index (κ3) is 3.31. The molecule has 1 N–H and O–H groups in total. The lowest BCUT2D eigenvalue weighted by Gasteiger charge is -2.45. The molecule has 2 aromatic carbocycles. The summed E-state index contributed by atoms with van der Waals surface area (Å²) in [5.41, 5.74) is 2.89. The molecule has 0 aliphatic heterocycles. The fourth-order valence-electron chi connectivity index (χ4n) is 5.68. The second-order valence-electron chi connectivity index (χ2n) is 9.36. The summed E-state index contributed by atoms with van der Waals surface area (Å²) in [6.07, 6.45) is 2.17. The van der Waals surface area contributed by atoms with E-state index < -0.39 is 23.0 Å². The standard InChI is InChI=1S/C26H31NO4/c1-4-16-27(26(23(28)29)15-9-14-25(26,2)3)24(30)31-17-22-20-12-7-5-10-18(20)19-11-6-8-13-21(19)22/h5-8,10-13,22H,4,9,14-17H2,1-3H3,(H,28,29). The summed E-state index contributed by atoms with van der Waals surface area (Å²) in [5.74, 6) is -0.978. The van der Waals surface area contributed by atoms with Gasteiger partial charge in [0.15, 0.2) is 0 Å². The van der Waals surface area contributed by atoms with Crippen molar-refractivity contribution < 1.29 is 19.4 Å². The molecule has 2 aliphatic carbocycles. The molecule has 1 atom stereocenters. The first kappa shape index (κ1) is 21.4. The highest BCUT2D eigenvalue weighted by atomic mass is 16.6. The molecule has 0 saturated heterocycles. The number of fused-ring (bicyclic) bond motifs is 3. The Balaban J connectivity index is 1.61. The Morgan fingerprint density at radius 1 is 1.03 bits per heavy atom. The lowest BCUT2D eigenvalue weighted by molar-refractivity contribution is -0.157. The van der Waals surface area contributed by atoms with Crippen LogP contribution in [0.4, 0.5) is 4.79 Å². The average Bonchev–Trinajstić information content (AvgIpc) is 3.24. The lowest BCUT2D eigenvalue weighted by atomic mass is 9.73. The molecule has 1 amide bonds. The molecule has 5 nitrogen and oxygen atoms in total. The molecule has 164 valence electrons. The number of aliphatic carboxylic acids is 1. The summed E-state index contributed by atoms with van der Waals surface area (Å²) >= 11 is 0. The van der Waals surface area contributed by atoms with Gasteiger partial charge in [0, 0.05) is 12.5 Å². The molecule has 5 heteroatoms. The normalized spacial score (nSPS) is 21.4. The van der Waals surface area contributed by atoms with Gasteiger partial charge in [-0.2, -0.15) is 0 Å². The van der Waals surface area contributed by atoms with E-state index in [1.54, 1.807) is 0 Å². The SMILES string of the molecule is CCCN(C(=O)OCC1c2ccccc2-c2ccccc21)C1(C(=O)O)CCCC1(C)C. The molecule has 0 radical (unpaired) electrons. The van der Waals surface area contributed by atoms with Gasteiger partial charge in [-0.05, 0) is 53.4 Å². The number of hydrogen-bond acceptors (Lipinski definition) is 3. The minimum absolute atomic E-state index is 0.0443. The van der Waals surface area contributed by atoms with Crippen LogP contribution < -0.4 is 0 Å². The fraction of sp³-hybridized carbons (Fsp3) is 0.462. The summed E-state index contributed by atoms with van der Waals surface area (Å²) < 4.78 is 5.86. The number of carbonyl (C=O) groups excluding carboxylic acids is 1. The highest BCUT2D eigenvalue weighted by Crippen LogP contribution is 2.50. The quantitative estimate of drug-likeness (QED) is 0.651. The van der Waals surface area contributed by atoms with Gasteiger partial charge >= 0.3 is 12.1 Å². The van der Waals surface area contributed by atoms with E-state index in [1.165, 1.54) is 16.0 Å². The molecular formula is C26H31NO4. The van der Waals surface area contributed by atoms with E-state index >= 15 is 0 Å². The van der Waals surface area contributed by atoms with Crippen LogP contribution in [0.3, 0.4) is 0 Å². The van der Waals surface area contributed by atoms with E-state index in [1.807, 2.05) is 45.0 Å². The van der Waals surface area contributed by atoms with Crippen LogP contribution in [-0.2, 0) is 9.53 Å². The Bertz CT molecular complexity index is 953. The Hall–Kier alpha value is -2.82. The summed E-state index contributed by atoms with van der Waals surface area (Å²) in [7, 11) is 0. The second-order valence-corrected chi connectivity index (χ2v) is 9.36. The van der Waals surface area contributed by atoms with Crippen LogP contribution in [0.1, 0.15) is 63.5 Å². The van der Waals surface area contributed by atoms with Gasteiger partial charge in [-0.1, -0.05) is 69.3 Å². The summed E-state index contributed by atoms with van der Waals surface area (Å²) in [6.45, 7) is 6.43. The molecule has 0 heterocycles. The van der Waals surface area contributed by atoms with Crippen molar-refractivity contribution in [2.45, 2.75) is 57.9 Å². The first-order valence-corrected chi connectivity index (χ1v) is 11.2. The number of nitrogens with zero attached hydrogens (tertiary/aromatic N) is 1.